The van der Waals surface area contributed by atoms with Crippen LogP contribution < -0.4 is 10.6 Å². The van der Waals surface area contributed by atoms with Crippen molar-refractivity contribution in [1.82, 2.24) is 15.5 Å². The highest BCUT2D eigenvalue weighted by molar-refractivity contribution is 9.10. The summed E-state index contributed by atoms with van der Waals surface area (Å²) in [5, 5.41) is 6.84. The van der Waals surface area contributed by atoms with Gasteiger partial charge in [0.05, 0.1) is 6.61 Å². The van der Waals surface area contributed by atoms with Crippen LogP contribution in [-0.4, -0.2) is 61.0 Å². The predicted octanol–water partition coefficient (Wildman–Crippen LogP) is 7.48. The first-order chi connectivity index (χ1) is 22.2. The Kier molecular flexibility index (Phi) is 9.95. The number of fused-ring (bicyclic) bond motifs is 1. The second-order valence-electron chi connectivity index (χ2n) is 13.3. The lowest BCUT2D eigenvalue weighted by Gasteiger charge is -2.58. The Morgan fingerprint density at radius 1 is 0.848 bits per heavy atom. The van der Waals surface area contributed by atoms with Crippen molar-refractivity contribution in [3.05, 3.63) is 142 Å². The smallest absolute Gasteiger partial charge is 0.407 e. The summed E-state index contributed by atoms with van der Waals surface area (Å²) in [6.07, 6.45) is 0.449. The van der Waals surface area contributed by atoms with Gasteiger partial charge < -0.3 is 20.1 Å². The largest absolute Gasteiger partial charge is 0.444 e. The summed E-state index contributed by atoms with van der Waals surface area (Å²) in [6, 6.07) is 40.6. The molecule has 1 amide bonds. The average molecular weight is 683 g/mol. The van der Waals surface area contributed by atoms with Crippen LogP contribution in [0, 0.1) is 0 Å². The van der Waals surface area contributed by atoms with Crippen molar-refractivity contribution in [2.45, 2.75) is 62.4 Å². The number of nitrogens with one attached hydrogen (secondary N) is 2. The van der Waals surface area contributed by atoms with Crippen LogP contribution in [0.2, 0.25) is 0 Å². The summed E-state index contributed by atoms with van der Waals surface area (Å²) < 4.78 is 14.1. The standard InChI is InChI=1S/C39H44BrN3O3/c1-38(2,3)46-37(44)42-33-23-24-41-25-34-36(28-19-21-32(40)22-20-28)35(43(34)26-33)27-45-39(29-13-7-4-8-14-29,30-15-9-5-10-16-30)31-17-11-6-12-18-31/h4-22,33-36,41H,23-27H2,1-3H3,(H,42,44)/t33-,34+,35-,36-/m1/s1. The Bertz CT molecular complexity index is 1460. The first-order valence-corrected chi connectivity index (χ1v) is 17.1. The van der Waals surface area contributed by atoms with Gasteiger partial charge >= 0.3 is 6.09 Å². The molecule has 0 aromatic heterocycles. The van der Waals surface area contributed by atoms with E-state index in [9.17, 15) is 4.79 Å². The lowest BCUT2D eigenvalue weighted by molar-refractivity contribution is -0.0983. The molecule has 46 heavy (non-hydrogen) atoms. The zero-order valence-electron chi connectivity index (χ0n) is 26.9. The Hall–Kier alpha value is -3.49. The Balaban J connectivity index is 1.37. The molecule has 6 nitrogen and oxygen atoms in total. The summed E-state index contributed by atoms with van der Waals surface area (Å²) in [4.78, 5) is 15.4. The molecule has 2 aliphatic rings. The fourth-order valence-electron chi connectivity index (χ4n) is 7.10. The van der Waals surface area contributed by atoms with E-state index >= 15 is 0 Å². The summed E-state index contributed by atoms with van der Waals surface area (Å²) in [5.74, 6) is 0.251. The van der Waals surface area contributed by atoms with Crippen LogP contribution in [0.25, 0.3) is 0 Å². The Morgan fingerprint density at radius 3 is 1.91 bits per heavy atom. The van der Waals surface area contributed by atoms with Gasteiger partial charge in [0.15, 0.2) is 0 Å². The van der Waals surface area contributed by atoms with E-state index in [1.165, 1.54) is 5.56 Å². The number of hydrogen-bond donors (Lipinski definition) is 2. The van der Waals surface area contributed by atoms with Gasteiger partial charge in [-0.15, -0.1) is 0 Å². The lowest BCUT2D eigenvalue weighted by Crippen LogP contribution is -2.70. The zero-order valence-corrected chi connectivity index (χ0v) is 28.5. The first-order valence-electron chi connectivity index (χ1n) is 16.3. The number of hydrogen-bond acceptors (Lipinski definition) is 5. The number of amides is 1. The highest BCUT2D eigenvalue weighted by Crippen LogP contribution is 2.45. The van der Waals surface area contributed by atoms with Crippen LogP contribution in [0.1, 0.15) is 55.4 Å². The van der Waals surface area contributed by atoms with E-state index in [4.69, 9.17) is 9.47 Å². The maximum atomic E-state index is 12.9. The highest BCUT2D eigenvalue weighted by Gasteiger charge is 2.51. The third-order valence-corrected chi connectivity index (χ3v) is 9.65. The molecule has 2 heterocycles. The maximum absolute atomic E-state index is 12.9. The molecule has 0 radical (unpaired) electrons. The normalized spacial score (nSPS) is 22.1. The number of carbonyl (C=O) groups excluding carboxylic acids is 1. The quantitative estimate of drug-likeness (QED) is 0.189. The van der Waals surface area contributed by atoms with Crippen molar-refractivity contribution in [3.8, 4) is 0 Å². The zero-order chi connectivity index (χ0) is 32.1. The molecule has 0 saturated carbocycles. The second-order valence-corrected chi connectivity index (χ2v) is 14.3. The number of alkyl carbamates (subject to hydrolysis) is 1. The molecule has 240 valence electrons. The summed E-state index contributed by atoms with van der Waals surface area (Å²) in [6.45, 7) is 8.61. The number of carbonyl (C=O) groups is 1. The third kappa shape index (κ3) is 7.08. The molecule has 4 aromatic rings. The molecular weight excluding hydrogens is 638 g/mol. The van der Waals surface area contributed by atoms with Crippen molar-refractivity contribution in [2.24, 2.45) is 0 Å². The van der Waals surface area contributed by atoms with Gasteiger partial charge in [0, 0.05) is 41.6 Å². The molecule has 4 aromatic carbocycles. The van der Waals surface area contributed by atoms with Crippen LogP contribution in [0.4, 0.5) is 4.79 Å². The second kappa shape index (κ2) is 14.1. The third-order valence-electron chi connectivity index (χ3n) is 9.12. The molecule has 2 saturated heterocycles. The van der Waals surface area contributed by atoms with E-state index in [1.807, 2.05) is 20.8 Å². The van der Waals surface area contributed by atoms with Gasteiger partial charge in [-0.05, 0) is 68.1 Å². The Morgan fingerprint density at radius 2 is 1.39 bits per heavy atom. The van der Waals surface area contributed by atoms with Gasteiger partial charge in [0.2, 0.25) is 0 Å². The molecule has 2 aliphatic heterocycles. The maximum Gasteiger partial charge on any atom is 0.407 e. The minimum absolute atomic E-state index is 0.0550. The van der Waals surface area contributed by atoms with E-state index in [-0.39, 0.29) is 30.1 Å². The topological polar surface area (TPSA) is 62.8 Å². The van der Waals surface area contributed by atoms with Crippen LogP contribution >= 0.6 is 15.9 Å². The number of nitrogens with zero attached hydrogens (tertiary/aromatic N) is 1. The van der Waals surface area contributed by atoms with E-state index < -0.39 is 11.2 Å². The van der Waals surface area contributed by atoms with Gasteiger partial charge in [-0.1, -0.05) is 119 Å². The van der Waals surface area contributed by atoms with E-state index in [0.29, 0.717) is 6.61 Å². The van der Waals surface area contributed by atoms with Crippen molar-refractivity contribution in [1.29, 1.82) is 0 Å². The summed E-state index contributed by atoms with van der Waals surface area (Å²) in [7, 11) is 0. The Labute approximate surface area is 281 Å². The fourth-order valence-corrected chi connectivity index (χ4v) is 7.36. The van der Waals surface area contributed by atoms with Crippen LogP contribution in [0.5, 0.6) is 0 Å². The van der Waals surface area contributed by atoms with Gasteiger partial charge in [-0.25, -0.2) is 4.79 Å². The van der Waals surface area contributed by atoms with Crippen molar-refractivity contribution < 1.29 is 14.3 Å². The first kappa shape index (κ1) is 32.5. The number of benzene rings is 4. The minimum Gasteiger partial charge on any atom is -0.444 e. The molecule has 4 atom stereocenters. The minimum atomic E-state index is -0.811. The molecule has 0 aliphatic carbocycles. The molecule has 2 N–H and O–H groups in total. The van der Waals surface area contributed by atoms with E-state index in [0.717, 1.165) is 47.2 Å². The van der Waals surface area contributed by atoms with Crippen LogP contribution in [-0.2, 0) is 15.1 Å². The molecule has 7 heteroatoms. The van der Waals surface area contributed by atoms with Crippen LogP contribution in [0.3, 0.4) is 0 Å². The van der Waals surface area contributed by atoms with Crippen molar-refractivity contribution in [3.63, 3.8) is 0 Å². The molecular formula is C39H44BrN3O3. The van der Waals surface area contributed by atoms with Gasteiger partial charge in [-0.2, -0.15) is 0 Å². The highest BCUT2D eigenvalue weighted by atomic mass is 79.9. The van der Waals surface area contributed by atoms with Gasteiger partial charge in [0.1, 0.15) is 11.2 Å². The van der Waals surface area contributed by atoms with Gasteiger partial charge in [0.25, 0.3) is 0 Å². The predicted molar refractivity (Wildman–Crippen MR) is 187 cm³/mol. The average Bonchev–Trinajstić information content (AvgIpc) is 3.04. The molecule has 0 spiro atoms. The van der Waals surface area contributed by atoms with Crippen LogP contribution in [0.15, 0.2) is 120 Å². The van der Waals surface area contributed by atoms with E-state index in [1.54, 1.807) is 0 Å². The van der Waals surface area contributed by atoms with E-state index in [2.05, 4.69) is 147 Å². The number of halogens is 1. The molecule has 0 bridgehead atoms. The monoisotopic (exact) mass is 681 g/mol. The number of ether oxygens (including phenoxy) is 2. The summed E-state index contributed by atoms with van der Waals surface area (Å²) in [5.41, 5.74) is 3.18. The van der Waals surface area contributed by atoms with Gasteiger partial charge in [-0.3, -0.25) is 4.90 Å². The lowest BCUT2D eigenvalue weighted by atomic mass is 9.74. The number of rotatable bonds is 8. The molecule has 2 fully saturated rings. The molecule has 6 rings (SSSR count). The fraction of sp³-hybridized carbons (Fsp3) is 0.359. The SMILES string of the molecule is CC(C)(C)OC(=O)N[C@@H]1CCNC[C@H]2[C@@H](c3ccc(Br)cc3)[C@@H](COC(c3ccccc3)(c3ccccc3)c3ccccc3)N2C1. The molecule has 0 unspecified atom stereocenters. The summed E-state index contributed by atoms with van der Waals surface area (Å²) >= 11 is 3.63. The van der Waals surface area contributed by atoms with Crippen molar-refractivity contribution in [2.75, 3.05) is 26.2 Å². The van der Waals surface area contributed by atoms with Crippen molar-refractivity contribution >= 4 is 22.0 Å².